The highest BCUT2D eigenvalue weighted by Gasteiger charge is 2.33. The zero-order valence-electron chi connectivity index (χ0n) is 42.3. The summed E-state index contributed by atoms with van der Waals surface area (Å²) in [7, 11) is 0. The van der Waals surface area contributed by atoms with Gasteiger partial charge in [-0.15, -0.1) is 0 Å². The minimum atomic E-state index is 0.273. The van der Waals surface area contributed by atoms with Crippen molar-refractivity contribution < 1.29 is 4.42 Å². The number of benzene rings is 7. The normalized spacial score (nSPS) is 18.4. The van der Waals surface area contributed by atoms with Crippen molar-refractivity contribution in [1.29, 1.82) is 0 Å². The molecule has 360 valence electrons. The van der Waals surface area contributed by atoms with Crippen LogP contribution in [0.15, 0.2) is 240 Å². The third kappa shape index (κ3) is 8.28. The lowest BCUT2D eigenvalue weighted by Crippen LogP contribution is -2.40. The molecule has 1 aromatic heterocycles. The van der Waals surface area contributed by atoms with Crippen LogP contribution in [0.4, 0.5) is 0 Å². The summed E-state index contributed by atoms with van der Waals surface area (Å²) in [6.07, 6.45) is 36.5. The molecule has 0 bridgehead atoms. The molecular formula is C74H58O. The third-order valence-corrected chi connectivity index (χ3v) is 16.7. The van der Waals surface area contributed by atoms with Gasteiger partial charge >= 0.3 is 0 Å². The van der Waals surface area contributed by atoms with Gasteiger partial charge < -0.3 is 4.42 Å². The first-order valence-corrected chi connectivity index (χ1v) is 27.3. The van der Waals surface area contributed by atoms with Crippen molar-refractivity contribution in [2.24, 2.45) is 11.8 Å². The summed E-state index contributed by atoms with van der Waals surface area (Å²) in [5, 5.41) is 8.12. The maximum absolute atomic E-state index is 6.23. The van der Waals surface area contributed by atoms with Gasteiger partial charge in [0.1, 0.15) is 5.76 Å². The first-order chi connectivity index (χ1) is 37.2. The molecule has 2 unspecified atom stereocenters. The van der Waals surface area contributed by atoms with Crippen LogP contribution in [0.5, 0.6) is 0 Å². The van der Waals surface area contributed by atoms with E-state index in [1.807, 2.05) is 6.07 Å². The Kier molecular flexibility index (Phi) is 11.7. The SMILES string of the molecule is C1=CCC2C(=C1)C(C1C=c3ccccc3=CC1)=c1ccccc1=C2C1=CCCC(c2cc(-c3ccc(C4=CCCC=C4)cc3)c(-c3ccc(C4=c5ccccc5=CCC4)cc3)c(-c3ccccc3-c3ccco3)c2)=C1. The van der Waals surface area contributed by atoms with Crippen LogP contribution in [0.2, 0.25) is 0 Å². The molecule has 75 heavy (non-hydrogen) atoms. The van der Waals surface area contributed by atoms with Crippen molar-refractivity contribution in [1.82, 2.24) is 0 Å². The van der Waals surface area contributed by atoms with E-state index in [-0.39, 0.29) is 5.92 Å². The van der Waals surface area contributed by atoms with E-state index >= 15 is 0 Å². The van der Waals surface area contributed by atoms with Gasteiger partial charge in [0.15, 0.2) is 0 Å². The zero-order valence-corrected chi connectivity index (χ0v) is 42.3. The molecule has 8 aromatic rings. The van der Waals surface area contributed by atoms with E-state index in [0.717, 1.165) is 68.3 Å². The number of hydrogen-bond acceptors (Lipinski definition) is 1. The van der Waals surface area contributed by atoms with E-state index in [2.05, 4.69) is 231 Å². The summed E-state index contributed by atoms with van der Waals surface area (Å²) < 4.78 is 6.23. The molecule has 0 saturated carbocycles. The first-order valence-electron chi connectivity index (χ1n) is 27.3. The number of fused-ring (bicyclic) bond motifs is 4. The summed E-state index contributed by atoms with van der Waals surface area (Å²) in [4.78, 5) is 0. The Labute approximate surface area is 440 Å². The average Bonchev–Trinajstić information content (AvgIpc) is 4.04. The molecule has 0 saturated heterocycles. The molecule has 0 fully saturated rings. The predicted molar refractivity (Wildman–Crippen MR) is 315 cm³/mol. The predicted octanol–water partition coefficient (Wildman–Crippen LogP) is 14.4. The van der Waals surface area contributed by atoms with Gasteiger partial charge in [-0.1, -0.05) is 212 Å². The summed E-state index contributed by atoms with van der Waals surface area (Å²) in [5.41, 5.74) is 22.0. The second-order valence-corrected chi connectivity index (χ2v) is 21.0. The van der Waals surface area contributed by atoms with Gasteiger partial charge in [-0.05, 0) is 196 Å². The average molecular weight is 963 g/mol. The lowest BCUT2D eigenvalue weighted by Gasteiger charge is -2.34. The molecule has 0 N–H and O–H groups in total. The summed E-state index contributed by atoms with van der Waals surface area (Å²) >= 11 is 0. The van der Waals surface area contributed by atoms with Gasteiger partial charge in [-0.3, -0.25) is 0 Å². The maximum atomic E-state index is 6.23. The van der Waals surface area contributed by atoms with Gasteiger partial charge in [0.2, 0.25) is 0 Å². The van der Waals surface area contributed by atoms with E-state index in [9.17, 15) is 0 Å². The van der Waals surface area contributed by atoms with Gasteiger partial charge in [-0.25, -0.2) is 0 Å². The molecule has 1 nitrogen and oxygen atoms in total. The molecule has 6 aliphatic carbocycles. The Morgan fingerprint density at radius 3 is 1.95 bits per heavy atom. The van der Waals surface area contributed by atoms with E-state index in [1.54, 1.807) is 6.26 Å². The van der Waals surface area contributed by atoms with Crippen LogP contribution in [0, 0.1) is 11.8 Å². The van der Waals surface area contributed by atoms with Crippen molar-refractivity contribution in [3.8, 4) is 44.7 Å². The second-order valence-electron chi connectivity index (χ2n) is 21.0. The summed E-state index contributed by atoms with van der Waals surface area (Å²) in [6.45, 7) is 0. The Balaban J connectivity index is 0.977. The Bertz CT molecular complexity index is 4200. The highest BCUT2D eigenvalue weighted by Crippen LogP contribution is 2.48. The largest absolute Gasteiger partial charge is 0.464 e. The van der Waals surface area contributed by atoms with E-state index in [0.29, 0.717) is 5.92 Å². The summed E-state index contributed by atoms with van der Waals surface area (Å²) in [5.74, 6) is 1.45. The molecule has 0 spiro atoms. The van der Waals surface area contributed by atoms with Crippen LogP contribution in [-0.4, -0.2) is 0 Å². The van der Waals surface area contributed by atoms with Crippen LogP contribution < -0.4 is 31.3 Å². The fourth-order valence-corrected chi connectivity index (χ4v) is 13.2. The standard InChI is InChI=1S/C74H58O/c1-2-17-49(18-3-1)51-34-37-54(38-35-51)69-47-60(48-70(63-26-8-9-27-64(63)71-33-16-44-75-71)72(69)55-41-39-53(40-42-55)62-32-15-22-52-20-6-7-25-61(52)62)57-23-14-24-58(46-57)73-65-28-10-12-30-67(65)74(68-31-13-11-29-66(68)73)59-43-36-50-19-4-5-21-56(50)45-59/h2,4-13,16-22,24-28,30-31,33-42,44-48,59,66H,1,3,14-15,23,29,32,43H2. The quantitative estimate of drug-likeness (QED) is 0.140. The molecule has 14 rings (SSSR count). The number of hydrogen-bond donors (Lipinski definition) is 0. The van der Waals surface area contributed by atoms with Crippen LogP contribution in [0.3, 0.4) is 0 Å². The van der Waals surface area contributed by atoms with Crippen LogP contribution in [0.1, 0.15) is 68.1 Å². The molecule has 7 aromatic carbocycles. The van der Waals surface area contributed by atoms with Crippen molar-refractivity contribution >= 4 is 46.1 Å². The zero-order chi connectivity index (χ0) is 49.7. The summed E-state index contributed by atoms with van der Waals surface area (Å²) in [6, 6.07) is 63.8. The van der Waals surface area contributed by atoms with Crippen molar-refractivity contribution in [3.63, 3.8) is 0 Å². The van der Waals surface area contributed by atoms with Crippen LogP contribution in [0.25, 0.3) is 90.8 Å². The molecular weight excluding hydrogens is 905 g/mol. The minimum Gasteiger partial charge on any atom is -0.464 e. The number of furan rings is 1. The smallest absolute Gasteiger partial charge is 0.134 e. The van der Waals surface area contributed by atoms with E-state index in [4.69, 9.17) is 4.42 Å². The Morgan fingerprint density at radius 1 is 0.440 bits per heavy atom. The molecule has 1 heteroatoms. The van der Waals surface area contributed by atoms with Crippen LogP contribution in [-0.2, 0) is 0 Å². The van der Waals surface area contributed by atoms with Gasteiger partial charge in [-0.2, -0.15) is 0 Å². The second kappa shape index (κ2) is 19.4. The van der Waals surface area contributed by atoms with Crippen LogP contribution >= 0.6 is 0 Å². The van der Waals surface area contributed by atoms with Crippen molar-refractivity contribution in [3.05, 3.63) is 284 Å². The molecule has 2 atom stereocenters. The van der Waals surface area contributed by atoms with Crippen molar-refractivity contribution in [2.75, 3.05) is 0 Å². The monoisotopic (exact) mass is 962 g/mol. The lowest BCUT2D eigenvalue weighted by molar-refractivity contribution is 0.582. The van der Waals surface area contributed by atoms with E-state index < -0.39 is 0 Å². The Morgan fingerprint density at radius 2 is 1.13 bits per heavy atom. The fourth-order valence-electron chi connectivity index (χ4n) is 13.2. The maximum Gasteiger partial charge on any atom is 0.134 e. The molecule has 0 amide bonds. The van der Waals surface area contributed by atoms with Gasteiger partial charge in [0, 0.05) is 17.4 Å². The third-order valence-electron chi connectivity index (χ3n) is 16.7. The van der Waals surface area contributed by atoms with Crippen molar-refractivity contribution in [2.45, 2.75) is 51.4 Å². The molecule has 0 radical (unpaired) electrons. The van der Waals surface area contributed by atoms with Gasteiger partial charge in [0.25, 0.3) is 0 Å². The van der Waals surface area contributed by atoms with E-state index in [1.165, 1.54) is 115 Å². The van der Waals surface area contributed by atoms with Gasteiger partial charge in [0.05, 0.1) is 6.26 Å². The minimum absolute atomic E-state index is 0.273. The highest BCUT2D eigenvalue weighted by atomic mass is 16.3. The molecule has 6 aliphatic rings. The first kappa shape index (κ1) is 45.1. The lowest BCUT2D eigenvalue weighted by atomic mass is 9.69. The topological polar surface area (TPSA) is 13.1 Å². The highest BCUT2D eigenvalue weighted by molar-refractivity contribution is 6.01. The Hall–Kier alpha value is -8.52. The molecule has 1 heterocycles. The number of allylic oxidation sites excluding steroid dienone is 12. The number of rotatable bonds is 9. The fraction of sp³-hybridized carbons (Fsp3) is 0.135. The molecule has 0 aliphatic heterocycles.